The molecule has 0 spiro atoms. The van der Waals surface area contributed by atoms with Crippen LogP contribution in [0.5, 0.6) is 5.75 Å². The van der Waals surface area contributed by atoms with Gasteiger partial charge in [0, 0.05) is 36.1 Å². The van der Waals surface area contributed by atoms with E-state index in [2.05, 4.69) is 5.32 Å². The molecule has 0 aliphatic rings. The van der Waals surface area contributed by atoms with Crippen LogP contribution in [0.15, 0.2) is 71.6 Å². The van der Waals surface area contributed by atoms with Gasteiger partial charge in [0.05, 0.1) is 4.92 Å². The summed E-state index contributed by atoms with van der Waals surface area (Å²) in [5.41, 5.74) is 2.89. The molecular weight excluding hydrogens is 432 g/mol. The molecule has 3 aromatic carbocycles. The molecule has 8 nitrogen and oxygen atoms in total. The predicted octanol–water partition coefficient (Wildman–Crippen LogP) is 5.03. The maximum absolute atomic E-state index is 11.9. The fourth-order valence-corrected chi connectivity index (χ4v) is 3.51. The summed E-state index contributed by atoms with van der Waals surface area (Å²) in [5, 5.41) is 23.5. The molecule has 164 valence electrons. The molecule has 0 unspecified atom stereocenters. The minimum absolute atomic E-state index is 0.0000479. The van der Waals surface area contributed by atoms with E-state index in [9.17, 15) is 24.8 Å². The van der Waals surface area contributed by atoms with Crippen LogP contribution in [-0.4, -0.2) is 21.2 Å². The first-order valence-electron chi connectivity index (χ1n) is 9.56. The molecule has 0 atom stereocenters. The van der Waals surface area contributed by atoms with Crippen LogP contribution in [0.1, 0.15) is 18.1 Å². The highest BCUT2D eigenvalue weighted by Crippen LogP contribution is 2.33. The first-order valence-corrected chi connectivity index (χ1v) is 10.4. The number of aromatic hydroxyl groups is 1. The Bertz CT molecular complexity index is 1130. The number of phenolic OH excluding ortho intramolecular Hbond substituents is 1. The molecule has 1 amide bonds. The first-order chi connectivity index (χ1) is 15.3. The van der Waals surface area contributed by atoms with Crippen molar-refractivity contribution in [2.45, 2.75) is 25.0 Å². The van der Waals surface area contributed by atoms with Crippen LogP contribution in [0.3, 0.4) is 0 Å². The molecule has 2 N–H and O–H groups in total. The smallest absolute Gasteiger partial charge is 0.407 e. The van der Waals surface area contributed by atoms with Crippen molar-refractivity contribution in [3.05, 3.63) is 88.0 Å². The number of non-ortho nitro benzene ring substituents is 1. The van der Waals surface area contributed by atoms with Gasteiger partial charge in [0.2, 0.25) is 0 Å². The van der Waals surface area contributed by atoms with E-state index >= 15 is 0 Å². The van der Waals surface area contributed by atoms with Gasteiger partial charge < -0.3 is 15.2 Å². The number of benzene rings is 3. The van der Waals surface area contributed by atoms with Gasteiger partial charge in [-0.2, -0.15) is 0 Å². The number of amides is 1. The van der Waals surface area contributed by atoms with Crippen LogP contribution in [0.2, 0.25) is 0 Å². The van der Waals surface area contributed by atoms with Crippen molar-refractivity contribution < 1.29 is 24.4 Å². The number of rotatable bonds is 7. The molecule has 0 aromatic heterocycles. The van der Waals surface area contributed by atoms with Crippen molar-refractivity contribution >= 4 is 28.7 Å². The highest BCUT2D eigenvalue weighted by molar-refractivity contribution is 8.13. The molecule has 0 bridgehead atoms. The molecule has 0 aliphatic carbocycles. The molecule has 0 fully saturated rings. The number of nitro groups is 1. The molecule has 3 rings (SSSR count). The molecule has 0 saturated carbocycles. The molecule has 32 heavy (non-hydrogen) atoms. The second-order valence-electron chi connectivity index (χ2n) is 6.82. The molecule has 9 heteroatoms. The van der Waals surface area contributed by atoms with Gasteiger partial charge >= 0.3 is 6.09 Å². The third-order valence-corrected chi connectivity index (χ3v) is 5.23. The van der Waals surface area contributed by atoms with Crippen molar-refractivity contribution in [3.8, 4) is 16.9 Å². The number of thioether (sulfide) groups is 1. The van der Waals surface area contributed by atoms with E-state index in [4.69, 9.17) is 4.74 Å². The zero-order chi connectivity index (χ0) is 23.1. The number of nitrogens with one attached hydrogen (secondary N) is 1. The van der Waals surface area contributed by atoms with E-state index < -0.39 is 11.0 Å². The highest BCUT2D eigenvalue weighted by Gasteiger charge is 2.09. The van der Waals surface area contributed by atoms with Gasteiger partial charge in [-0.15, -0.1) is 0 Å². The maximum atomic E-state index is 11.9. The molecular formula is C23H20N2O6S. The Hall–Kier alpha value is -3.85. The number of phenols is 1. The number of alkyl carbamates (subject to hydrolysis) is 1. The van der Waals surface area contributed by atoms with E-state index in [1.165, 1.54) is 31.2 Å². The fraction of sp³-hybridized carbons (Fsp3) is 0.130. The Morgan fingerprint density at radius 1 is 1.03 bits per heavy atom. The van der Waals surface area contributed by atoms with E-state index in [0.29, 0.717) is 16.0 Å². The Morgan fingerprint density at radius 3 is 2.28 bits per heavy atom. The highest BCUT2D eigenvalue weighted by atomic mass is 32.2. The SMILES string of the molecule is CC(=O)Sc1ccc(-c2ccc(CNC(=O)OCc3ccc([N+](=O)[O-])cc3)cc2)c(O)c1. The Balaban J connectivity index is 1.51. The summed E-state index contributed by atoms with van der Waals surface area (Å²) in [4.78, 5) is 33.9. The van der Waals surface area contributed by atoms with Crippen LogP contribution in [0.4, 0.5) is 10.5 Å². The summed E-state index contributed by atoms with van der Waals surface area (Å²) in [6.07, 6.45) is -0.608. The monoisotopic (exact) mass is 452 g/mol. The average Bonchev–Trinajstić information content (AvgIpc) is 2.77. The van der Waals surface area contributed by atoms with Gasteiger partial charge in [-0.05, 0) is 47.0 Å². The third kappa shape index (κ3) is 6.32. The van der Waals surface area contributed by atoms with Gasteiger partial charge in [0.25, 0.3) is 5.69 Å². The molecule has 0 radical (unpaired) electrons. The molecule has 0 heterocycles. The van der Waals surface area contributed by atoms with Crippen molar-refractivity contribution in [1.29, 1.82) is 0 Å². The number of carbonyl (C=O) groups is 2. The number of nitrogens with zero attached hydrogens (tertiary/aromatic N) is 1. The minimum atomic E-state index is -0.608. The zero-order valence-corrected chi connectivity index (χ0v) is 17.9. The maximum Gasteiger partial charge on any atom is 0.407 e. The summed E-state index contributed by atoms with van der Waals surface area (Å²) in [5.74, 6) is 0.0805. The lowest BCUT2D eigenvalue weighted by molar-refractivity contribution is -0.384. The lowest BCUT2D eigenvalue weighted by atomic mass is 10.0. The normalized spacial score (nSPS) is 10.4. The van der Waals surface area contributed by atoms with Crippen molar-refractivity contribution in [1.82, 2.24) is 5.32 Å². The fourth-order valence-electron chi connectivity index (χ4n) is 2.88. The molecule has 3 aromatic rings. The lowest BCUT2D eigenvalue weighted by Crippen LogP contribution is -2.23. The largest absolute Gasteiger partial charge is 0.507 e. The number of ether oxygens (including phenoxy) is 1. The first kappa shape index (κ1) is 22.8. The summed E-state index contributed by atoms with van der Waals surface area (Å²) >= 11 is 1.05. The quantitative estimate of drug-likeness (QED) is 0.293. The third-order valence-electron chi connectivity index (χ3n) is 4.45. The summed E-state index contributed by atoms with van der Waals surface area (Å²) < 4.78 is 5.12. The Kier molecular flexibility index (Phi) is 7.45. The minimum Gasteiger partial charge on any atom is -0.507 e. The van der Waals surface area contributed by atoms with E-state index in [1.807, 2.05) is 24.3 Å². The molecule has 0 saturated heterocycles. The average molecular weight is 452 g/mol. The van der Waals surface area contributed by atoms with Gasteiger partial charge in [0.1, 0.15) is 12.4 Å². The Morgan fingerprint density at radius 2 is 1.69 bits per heavy atom. The van der Waals surface area contributed by atoms with E-state index in [1.54, 1.807) is 18.2 Å². The number of hydrogen-bond donors (Lipinski definition) is 2. The zero-order valence-electron chi connectivity index (χ0n) is 17.1. The molecule has 0 aliphatic heterocycles. The van der Waals surface area contributed by atoms with Gasteiger partial charge in [-0.1, -0.05) is 36.0 Å². The topological polar surface area (TPSA) is 119 Å². The van der Waals surface area contributed by atoms with E-state index in [-0.39, 0.29) is 29.7 Å². The second-order valence-corrected chi connectivity index (χ2v) is 8.07. The summed E-state index contributed by atoms with van der Waals surface area (Å²) in [6.45, 7) is 1.72. The van der Waals surface area contributed by atoms with Crippen molar-refractivity contribution in [2.24, 2.45) is 0 Å². The van der Waals surface area contributed by atoms with Crippen molar-refractivity contribution in [3.63, 3.8) is 0 Å². The van der Waals surface area contributed by atoms with Gasteiger partial charge in [-0.3, -0.25) is 14.9 Å². The standard InChI is InChI=1S/C23H20N2O6S/c1-15(26)32-20-10-11-21(22(27)12-20)18-6-2-16(3-7-18)13-24-23(28)31-14-17-4-8-19(9-5-17)25(29)30/h2-12,27H,13-14H2,1H3,(H,24,28). The lowest BCUT2D eigenvalue weighted by Gasteiger charge is -2.09. The van der Waals surface area contributed by atoms with Crippen LogP contribution in [0.25, 0.3) is 11.1 Å². The number of nitro benzene ring substituents is 1. The second kappa shape index (κ2) is 10.5. The predicted molar refractivity (Wildman–Crippen MR) is 120 cm³/mol. The van der Waals surface area contributed by atoms with Crippen LogP contribution >= 0.6 is 11.8 Å². The number of hydrogen-bond acceptors (Lipinski definition) is 7. The summed E-state index contributed by atoms with van der Waals surface area (Å²) in [7, 11) is 0. The van der Waals surface area contributed by atoms with Gasteiger partial charge in [0.15, 0.2) is 5.12 Å². The van der Waals surface area contributed by atoms with Crippen LogP contribution in [-0.2, 0) is 22.7 Å². The summed E-state index contributed by atoms with van der Waals surface area (Å²) in [6, 6.07) is 18.2. The Labute approximate surface area is 188 Å². The van der Waals surface area contributed by atoms with Crippen LogP contribution < -0.4 is 5.32 Å². The van der Waals surface area contributed by atoms with Gasteiger partial charge in [-0.25, -0.2) is 4.79 Å². The van der Waals surface area contributed by atoms with E-state index in [0.717, 1.165) is 22.9 Å². The van der Waals surface area contributed by atoms with Crippen LogP contribution in [0, 0.1) is 10.1 Å². The van der Waals surface area contributed by atoms with Crippen molar-refractivity contribution in [2.75, 3.05) is 0 Å². The number of carbonyl (C=O) groups excluding carboxylic acids is 2.